The number of alkyl halides is 3. The molecule has 1 amide bonds. The number of benzene rings is 1. The van der Waals surface area contributed by atoms with E-state index in [-0.39, 0.29) is 17.2 Å². The summed E-state index contributed by atoms with van der Waals surface area (Å²) in [6, 6.07) is 5.02. The fourth-order valence-corrected chi connectivity index (χ4v) is 4.14. The summed E-state index contributed by atoms with van der Waals surface area (Å²) in [5.41, 5.74) is 1.51. The van der Waals surface area contributed by atoms with Crippen LogP contribution >= 0.6 is 0 Å². The minimum atomic E-state index is -4.66. The van der Waals surface area contributed by atoms with Gasteiger partial charge < -0.3 is 15.6 Å². The molecule has 0 aliphatic heterocycles. The predicted molar refractivity (Wildman–Crippen MR) is 126 cm³/mol. The highest BCUT2D eigenvalue weighted by atomic mass is 19.4. The molecule has 0 bridgehead atoms. The molecule has 0 saturated heterocycles. The Kier molecular flexibility index (Phi) is 5.58. The highest BCUT2D eigenvalue weighted by Crippen LogP contribution is 2.39. The van der Waals surface area contributed by atoms with E-state index >= 15 is 0 Å². The highest BCUT2D eigenvalue weighted by Gasteiger charge is 2.34. The Balaban J connectivity index is 1.88. The van der Waals surface area contributed by atoms with Crippen LogP contribution in [0.25, 0.3) is 38.8 Å². The molecule has 0 fully saturated rings. The molecule has 0 saturated carbocycles. The van der Waals surface area contributed by atoms with Gasteiger partial charge in [0.1, 0.15) is 11.5 Å². The fourth-order valence-electron chi connectivity index (χ4n) is 4.14. The van der Waals surface area contributed by atoms with Gasteiger partial charge in [-0.3, -0.25) is 9.78 Å². The first kappa shape index (κ1) is 23.3. The number of halogens is 4. The zero-order valence-corrected chi connectivity index (χ0v) is 19.0. The first-order valence-electron chi connectivity index (χ1n) is 10.9. The van der Waals surface area contributed by atoms with Gasteiger partial charge >= 0.3 is 6.18 Å². The predicted octanol–water partition coefficient (Wildman–Crippen LogP) is 4.91. The average molecular weight is 497 g/mol. The molecular weight excluding hydrogens is 478 g/mol. The van der Waals surface area contributed by atoms with E-state index in [9.17, 15) is 22.4 Å². The molecular formula is C24H19F4N7O. The number of carbonyl (C=O) groups is 1. The summed E-state index contributed by atoms with van der Waals surface area (Å²) in [5, 5.41) is 10.1. The molecule has 4 heterocycles. The Morgan fingerprint density at radius 2 is 1.97 bits per heavy atom. The van der Waals surface area contributed by atoms with Crippen LogP contribution in [-0.4, -0.2) is 44.2 Å². The first-order valence-corrected chi connectivity index (χ1v) is 10.9. The molecule has 3 N–H and O–H groups in total. The lowest BCUT2D eigenvalue weighted by molar-refractivity contribution is -0.141. The van der Waals surface area contributed by atoms with Crippen molar-refractivity contribution in [3.63, 3.8) is 0 Å². The van der Waals surface area contributed by atoms with Crippen molar-refractivity contribution >= 4 is 33.5 Å². The van der Waals surface area contributed by atoms with Gasteiger partial charge in [0.15, 0.2) is 5.69 Å². The van der Waals surface area contributed by atoms with Crippen LogP contribution in [0.1, 0.15) is 23.0 Å². The Morgan fingerprint density at radius 1 is 1.17 bits per heavy atom. The third-order valence-electron chi connectivity index (χ3n) is 5.68. The molecule has 8 nitrogen and oxygen atoms in total. The lowest BCUT2D eigenvalue weighted by Crippen LogP contribution is -2.18. The average Bonchev–Trinajstić information content (AvgIpc) is 3.49. The van der Waals surface area contributed by atoms with Gasteiger partial charge in [-0.05, 0) is 31.2 Å². The van der Waals surface area contributed by atoms with E-state index < -0.39 is 17.7 Å². The van der Waals surface area contributed by atoms with Crippen molar-refractivity contribution in [2.24, 2.45) is 0 Å². The summed E-state index contributed by atoms with van der Waals surface area (Å²) in [4.78, 5) is 23.9. The summed E-state index contributed by atoms with van der Waals surface area (Å²) in [6.45, 7) is 2.38. The Bertz CT molecular complexity index is 1620. The number of hydrogen-bond donors (Lipinski definition) is 3. The molecule has 0 atom stereocenters. The number of hydrogen-bond acceptors (Lipinski definition) is 5. The number of aromatic nitrogens is 5. The Labute approximate surface area is 201 Å². The van der Waals surface area contributed by atoms with Crippen LogP contribution in [0.2, 0.25) is 0 Å². The second-order valence-electron chi connectivity index (χ2n) is 7.96. The van der Waals surface area contributed by atoms with Gasteiger partial charge in [-0.1, -0.05) is 0 Å². The summed E-state index contributed by atoms with van der Waals surface area (Å²) >= 11 is 0. The zero-order valence-electron chi connectivity index (χ0n) is 19.0. The molecule has 184 valence electrons. The van der Waals surface area contributed by atoms with Gasteiger partial charge in [-0.15, -0.1) is 0 Å². The SMILES string of the molecule is CCNc1cc(F)cc2c1[nH]c1ncc(-c3cncc(C(=O)NC)c3)c(-n3ccc(C(F)(F)F)n3)c12. The number of amides is 1. The summed E-state index contributed by atoms with van der Waals surface area (Å²) in [7, 11) is 1.47. The van der Waals surface area contributed by atoms with E-state index in [0.717, 1.165) is 10.7 Å². The largest absolute Gasteiger partial charge is 0.435 e. The number of nitrogens with one attached hydrogen (secondary N) is 3. The van der Waals surface area contributed by atoms with E-state index in [2.05, 4.69) is 30.7 Å². The van der Waals surface area contributed by atoms with Crippen LogP contribution in [0.3, 0.4) is 0 Å². The molecule has 0 aliphatic rings. The van der Waals surface area contributed by atoms with Crippen LogP contribution in [-0.2, 0) is 6.18 Å². The van der Waals surface area contributed by atoms with E-state index in [4.69, 9.17) is 0 Å². The number of rotatable bonds is 5. The quantitative estimate of drug-likeness (QED) is 0.300. The van der Waals surface area contributed by atoms with Crippen molar-refractivity contribution in [3.05, 3.63) is 66.1 Å². The summed E-state index contributed by atoms with van der Waals surface area (Å²) in [6.07, 6.45) is 0.805. The number of pyridine rings is 2. The molecule has 0 aliphatic carbocycles. The van der Waals surface area contributed by atoms with Crippen molar-refractivity contribution < 1.29 is 22.4 Å². The third-order valence-corrected chi connectivity index (χ3v) is 5.68. The van der Waals surface area contributed by atoms with Gasteiger partial charge in [0, 0.05) is 54.9 Å². The van der Waals surface area contributed by atoms with Crippen LogP contribution in [0.5, 0.6) is 0 Å². The minimum absolute atomic E-state index is 0.227. The monoisotopic (exact) mass is 497 g/mol. The molecule has 5 aromatic rings. The second kappa shape index (κ2) is 8.63. The van der Waals surface area contributed by atoms with E-state index in [1.807, 2.05) is 6.92 Å². The van der Waals surface area contributed by atoms with Crippen LogP contribution in [0, 0.1) is 5.82 Å². The van der Waals surface area contributed by atoms with Crippen molar-refractivity contribution in [3.8, 4) is 16.8 Å². The zero-order chi connectivity index (χ0) is 25.6. The van der Waals surface area contributed by atoms with Gasteiger partial charge in [0.05, 0.1) is 27.8 Å². The molecule has 4 aromatic heterocycles. The minimum Gasteiger partial charge on any atom is -0.384 e. The molecule has 12 heteroatoms. The summed E-state index contributed by atoms with van der Waals surface area (Å²) < 4.78 is 55.9. The molecule has 0 unspecified atom stereocenters. The maximum atomic E-state index is 14.6. The second-order valence-corrected chi connectivity index (χ2v) is 7.96. The Morgan fingerprint density at radius 3 is 2.67 bits per heavy atom. The van der Waals surface area contributed by atoms with Crippen LogP contribution < -0.4 is 10.6 Å². The van der Waals surface area contributed by atoms with Gasteiger partial charge in [-0.2, -0.15) is 18.3 Å². The number of fused-ring (bicyclic) bond motifs is 3. The van der Waals surface area contributed by atoms with E-state index in [1.165, 1.54) is 44.0 Å². The standard InChI is InChI=1S/C24H19F4N7O/c1-3-31-17-8-14(25)7-15-19-21(35-5-4-18(34-35)24(26,27)28)16(11-32-22(19)33-20(15)17)12-6-13(10-30-9-12)23(36)29-2/h4-11,31H,3H2,1-2H3,(H,29,36)(H,32,33). The van der Waals surface area contributed by atoms with Crippen LogP contribution in [0.4, 0.5) is 23.2 Å². The van der Waals surface area contributed by atoms with Gasteiger partial charge in [-0.25, -0.2) is 14.1 Å². The number of nitrogens with zero attached hydrogens (tertiary/aromatic N) is 4. The number of H-pyrrole nitrogens is 1. The lowest BCUT2D eigenvalue weighted by atomic mass is 10.0. The van der Waals surface area contributed by atoms with E-state index in [1.54, 1.807) is 6.07 Å². The molecule has 0 radical (unpaired) electrons. The maximum absolute atomic E-state index is 14.6. The molecule has 0 spiro atoms. The van der Waals surface area contributed by atoms with Crippen molar-refractivity contribution in [2.45, 2.75) is 13.1 Å². The van der Waals surface area contributed by atoms with Gasteiger partial charge in [0.25, 0.3) is 5.91 Å². The number of anilines is 1. The van der Waals surface area contributed by atoms with Crippen molar-refractivity contribution in [2.75, 3.05) is 18.9 Å². The smallest absolute Gasteiger partial charge is 0.384 e. The number of aromatic amines is 1. The van der Waals surface area contributed by atoms with E-state index in [0.29, 0.717) is 45.3 Å². The normalized spacial score (nSPS) is 11.8. The maximum Gasteiger partial charge on any atom is 0.435 e. The molecule has 1 aromatic carbocycles. The Hall–Kier alpha value is -4.48. The highest BCUT2D eigenvalue weighted by molar-refractivity contribution is 6.15. The van der Waals surface area contributed by atoms with Gasteiger partial charge in [0.2, 0.25) is 0 Å². The third kappa shape index (κ3) is 3.89. The van der Waals surface area contributed by atoms with Crippen molar-refractivity contribution in [1.29, 1.82) is 0 Å². The fraction of sp³-hybridized carbons (Fsp3) is 0.167. The topological polar surface area (TPSA) is 101 Å². The van der Waals surface area contributed by atoms with Crippen molar-refractivity contribution in [1.82, 2.24) is 30.0 Å². The number of carbonyl (C=O) groups excluding carboxylic acids is 1. The summed E-state index contributed by atoms with van der Waals surface area (Å²) in [5.74, 6) is -0.918. The molecule has 5 rings (SSSR count). The lowest BCUT2D eigenvalue weighted by Gasteiger charge is -2.13. The van der Waals surface area contributed by atoms with Crippen LogP contribution in [0.15, 0.2) is 49.1 Å². The first-order chi connectivity index (χ1) is 17.2. The molecule has 36 heavy (non-hydrogen) atoms.